The highest BCUT2D eigenvalue weighted by Gasteiger charge is 2.32. The molecule has 1 aliphatic heterocycles. The summed E-state index contributed by atoms with van der Waals surface area (Å²) in [6.07, 6.45) is 5.20. The molecule has 0 bridgehead atoms. The summed E-state index contributed by atoms with van der Waals surface area (Å²) in [5, 5.41) is 7.09. The van der Waals surface area contributed by atoms with Crippen molar-refractivity contribution in [1.29, 1.82) is 0 Å². The molecule has 0 spiro atoms. The van der Waals surface area contributed by atoms with Crippen LogP contribution >= 0.6 is 0 Å². The zero-order valence-corrected chi connectivity index (χ0v) is 18.6. The number of hydrogen-bond donors (Lipinski definition) is 1. The Balaban J connectivity index is 1.38. The zero-order valence-electron chi connectivity index (χ0n) is 17.8. The summed E-state index contributed by atoms with van der Waals surface area (Å²) < 4.78 is 33.5. The minimum Gasteiger partial charge on any atom is -0.345 e. The van der Waals surface area contributed by atoms with Gasteiger partial charge < -0.3 is 14.3 Å². The average Bonchev–Trinajstić information content (AvgIpc) is 3.51. The van der Waals surface area contributed by atoms with Crippen molar-refractivity contribution in [2.24, 2.45) is 7.05 Å². The van der Waals surface area contributed by atoms with Crippen molar-refractivity contribution in [3.8, 4) is 0 Å². The number of carbonyl (C=O) groups is 1. The van der Waals surface area contributed by atoms with Crippen molar-refractivity contribution in [3.63, 3.8) is 0 Å². The van der Waals surface area contributed by atoms with Crippen LogP contribution in [0.1, 0.15) is 27.6 Å². The standard InChI is InChI=1S/C21H23N7O3S/c1-15-19(32(30,31)26-10-11-28-17(14-26)6-7-24-28)12-18(25(15)2)21(29)23-13-16-4-3-5-20-22-8-9-27(16)20/h3-9,12H,10-11,13-14H2,1-2H3,(H,23,29). The van der Waals surface area contributed by atoms with E-state index in [1.165, 1.54) is 10.4 Å². The van der Waals surface area contributed by atoms with Crippen LogP contribution in [0.25, 0.3) is 5.65 Å². The lowest BCUT2D eigenvalue weighted by Gasteiger charge is -2.26. The van der Waals surface area contributed by atoms with E-state index in [4.69, 9.17) is 0 Å². The SMILES string of the molecule is Cc1c(S(=O)(=O)N2CCn3nccc3C2)cc(C(=O)NCc2cccc3nccn23)n1C. The third kappa shape index (κ3) is 3.30. The first-order valence-electron chi connectivity index (χ1n) is 10.2. The number of carbonyl (C=O) groups excluding carboxylic acids is 1. The molecule has 0 unspecified atom stereocenters. The van der Waals surface area contributed by atoms with E-state index >= 15 is 0 Å². The number of sulfonamides is 1. The van der Waals surface area contributed by atoms with Crippen molar-refractivity contribution >= 4 is 21.6 Å². The van der Waals surface area contributed by atoms with Gasteiger partial charge in [-0.2, -0.15) is 9.40 Å². The maximum absolute atomic E-state index is 13.4. The van der Waals surface area contributed by atoms with Crippen LogP contribution in [0.3, 0.4) is 0 Å². The van der Waals surface area contributed by atoms with Crippen molar-refractivity contribution in [2.75, 3.05) is 6.54 Å². The maximum atomic E-state index is 13.4. The molecule has 0 fully saturated rings. The number of hydrogen-bond acceptors (Lipinski definition) is 5. The Morgan fingerprint density at radius 1 is 1.19 bits per heavy atom. The molecule has 32 heavy (non-hydrogen) atoms. The van der Waals surface area contributed by atoms with Gasteiger partial charge in [0.1, 0.15) is 16.2 Å². The molecular weight excluding hydrogens is 430 g/mol. The molecule has 0 saturated heterocycles. The molecule has 0 aliphatic carbocycles. The van der Waals surface area contributed by atoms with Gasteiger partial charge in [0.15, 0.2) is 0 Å². The highest BCUT2D eigenvalue weighted by atomic mass is 32.2. The fourth-order valence-corrected chi connectivity index (χ4v) is 5.74. The number of amides is 1. The molecule has 0 radical (unpaired) electrons. The highest BCUT2D eigenvalue weighted by Crippen LogP contribution is 2.26. The molecule has 4 aromatic rings. The van der Waals surface area contributed by atoms with Crippen LogP contribution < -0.4 is 5.32 Å². The largest absolute Gasteiger partial charge is 0.345 e. The van der Waals surface area contributed by atoms with E-state index in [1.807, 2.05) is 39.5 Å². The molecule has 5 rings (SSSR count). The van der Waals surface area contributed by atoms with Gasteiger partial charge in [-0.05, 0) is 31.2 Å². The lowest BCUT2D eigenvalue weighted by atomic mass is 10.3. The second-order valence-electron chi connectivity index (χ2n) is 7.78. The molecule has 0 atom stereocenters. The summed E-state index contributed by atoms with van der Waals surface area (Å²) in [5.41, 5.74) is 3.33. The normalized spacial score (nSPS) is 14.6. The van der Waals surface area contributed by atoms with Crippen LogP contribution in [0.4, 0.5) is 0 Å². The van der Waals surface area contributed by atoms with Crippen LogP contribution in [-0.4, -0.2) is 48.9 Å². The van der Waals surface area contributed by atoms with E-state index in [0.717, 1.165) is 17.0 Å². The van der Waals surface area contributed by atoms with Crippen LogP contribution in [0.5, 0.6) is 0 Å². The van der Waals surface area contributed by atoms with Crippen molar-refractivity contribution in [1.82, 2.24) is 33.4 Å². The van der Waals surface area contributed by atoms with E-state index in [2.05, 4.69) is 15.4 Å². The Bertz CT molecular complexity index is 1430. The molecule has 1 N–H and O–H groups in total. The summed E-state index contributed by atoms with van der Waals surface area (Å²) in [7, 11) is -2.06. The lowest BCUT2D eigenvalue weighted by molar-refractivity contribution is 0.0942. The minimum atomic E-state index is -3.76. The van der Waals surface area contributed by atoms with E-state index in [0.29, 0.717) is 24.5 Å². The van der Waals surface area contributed by atoms with Gasteiger partial charge in [0.05, 0.1) is 25.3 Å². The van der Waals surface area contributed by atoms with Crippen LogP contribution in [-0.2, 0) is 36.7 Å². The topological polar surface area (TPSA) is 107 Å². The van der Waals surface area contributed by atoms with Crippen molar-refractivity contribution in [3.05, 3.63) is 71.7 Å². The number of nitrogens with zero attached hydrogens (tertiary/aromatic N) is 6. The molecule has 5 heterocycles. The summed E-state index contributed by atoms with van der Waals surface area (Å²) >= 11 is 0. The Labute approximate surface area is 185 Å². The highest BCUT2D eigenvalue weighted by molar-refractivity contribution is 7.89. The monoisotopic (exact) mass is 453 g/mol. The quantitative estimate of drug-likeness (QED) is 0.490. The summed E-state index contributed by atoms with van der Waals surface area (Å²) in [6.45, 7) is 3.09. The lowest BCUT2D eigenvalue weighted by Crippen LogP contribution is -2.38. The molecular formula is C21H23N7O3S. The summed E-state index contributed by atoms with van der Waals surface area (Å²) in [4.78, 5) is 17.3. The number of imidazole rings is 1. The first-order valence-corrected chi connectivity index (χ1v) is 11.7. The second kappa shape index (κ2) is 7.61. The van der Waals surface area contributed by atoms with E-state index in [1.54, 1.807) is 30.9 Å². The van der Waals surface area contributed by atoms with Gasteiger partial charge in [-0.3, -0.25) is 9.48 Å². The van der Waals surface area contributed by atoms with Gasteiger partial charge in [-0.15, -0.1) is 0 Å². The smallest absolute Gasteiger partial charge is 0.268 e. The number of fused-ring (bicyclic) bond motifs is 2. The number of pyridine rings is 1. The van der Waals surface area contributed by atoms with Gasteiger partial charge in [0.25, 0.3) is 5.91 Å². The Hall–Kier alpha value is -3.44. The van der Waals surface area contributed by atoms with E-state index in [9.17, 15) is 13.2 Å². The molecule has 0 aromatic carbocycles. The van der Waals surface area contributed by atoms with Crippen LogP contribution in [0, 0.1) is 6.92 Å². The molecule has 4 aromatic heterocycles. The third-order valence-electron chi connectivity index (χ3n) is 5.99. The maximum Gasteiger partial charge on any atom is 0.268 e. The van der Waals surface area contributed by atoms with Gasteiger partial charge in [-0.25, -0.2) is 13.4 Å². The fraction of sp³-hybridized carbons (Fsp3) is 0.286. The Morgan fingerprint density at radius 2 is 2.03 bits per heavy atom. The second-order valence-corrected chi connectivity index (χ2v) is 9.68. The molecule has 0 saturated carbocycles. The predicted octanol–water partition coefficient (Wildman–Crippen LogP) is 1.31. The van der Waals surface area contributed by atoms with Gasteiger partial charge in [-0.1, -0.05) is 6.07 Å². The average molecular weight is 454 g/mol. The molecule has 10 nitrogen and oxygen atoms in total. The number of rotatable bonds is 5. The predicted molar refractivity (Wildman–Crippen MR) is 116 cm³/mol. The van der Waals surface area contributed by atoms with E-state index < -0.39 is 10.0 Å². The van der Waals surface area contributed by atoms with Crippen molar-refractivity contribution in [2.45, 2.75) is 31.5 Å². The first-order chi connectivity index (χ1) is 15.4. The Morgan fingerprint density at radius 3 is 2.88 bits per heavy atom. The third-order valence-corrected chi connectivity index (χ3v) is 7.95. The van der Waals surface area contributed by atoms with Crippen LogP contribution in [0.15, 0.2) is 53.8 Å². The minimum absolute atomic E-state index is 0.148. The summed E-state index contributed by atoms with van der Waals surface area (Å²) in [5.74, 6) is -0.342. The number of nitrogens with one attached hydrogen (secondary N) is 1. The number of aromatic nitrogens is 5. The summed E-state index contributed by atoms with van der Waals surface area (Å²) in [6, 6.07) is 8.95. The zero-order chi connectivity index (χ0) is 22.5. The van der Waals surface area contributed by atoms with Crippen LogP contribution in [0.2, 0.25) is 0 Å². The molecule has 11 heteroatoms. The van der Waals surface area contributed by atoms with Gasteiger partial charge in [0, 0.05) is 43.6 Å². The molecule has 166 valence electrons. The van der Waals surface area contributed by atoms with Gasteiger partial charge in [0.2, 0.25) is 10.0 Å². The Kier molecular flexibility index (Phi) is 4.86. The molecule has 1 aliphatic rings. The molecule has 1 amide bonds. The van der Waals surface area contributed by atoms with E-state index in [-0.39, 0.29) is 23.9 Å². The fourth-order valence-electron chi connectivity index (χ4n) is 4.07. The van der Waals surface area contributed by atoms with Gasteiger partial charge >= 0.3 is 0 Å². The van der Waals surface area contributed by atoms with Crippen molar-refractivity contribution < 1.29 is 13.2 Å². The first kappa shape index (κ1) is 20.5.